The molecule has 5 rings (SSSR count). The number of H-pyrrole nitrogens is 2. The van der Waals surface area contributed by atoms with Crippen LogP contribution in [0.5, 0.6) is 0 Å². The van der Waals surface area contributed by atoms with E-state index in [-0.39, 0.29) is 89.9 Å². The Balaban J connectivity index is 2.05. The summed E-state index contributed by atoms with van der Waals surface area (Å²) >= 11 is 0. The summed E-state index contributed by atoms with van der Waals surface area (Å²) in [5, 5.41) is 0. The van der Waals surface area contributed by atoms with Gasteiger partial charge in [0, 0.05) is 125 Å². The van der Waals surface area contributed by atoms with E-state index in [9.17, 15) is 38.4 Å². The molecular weight excluding hydrogens is 889 g/mol. The average molecular weight is 943 g/mol. The first kappa shape index (κ1) is 51.3. The highest BCUT2D eigenvalue weighted by molar-refractivity contribution is 5.98. The summed E-state index contributed by atoms with van der Waals surface area (Å²) in [6.45, 7) is 8.80. The Morgan fingerprint density at radius 2 is 0.618 bits per heavy atom. The second kappa shape index (κ2) is 23.7. The third kappa shape index (κ3) is 14.2. The van der Waals surface area contributed by atoms with Gasteiger partial charge in [0.15, 0.2) is 0 Å². The summed E-state index contributed by atoms with van der Waals surface area (Å²) in [6.07, 6.45) is 0.467. The van der Waals surface area contributed by atoms with Crippen LogP contribution < -0.4 is 0 Å². The minimum atomic E-state index is -0.591. The quantitative estimate of drug-likeness (QED) is 0.104. The number of aromatic amines is 2. The molecular formula is C48H54N4O16. The Morgan fingerprint density at radius 3 is 0.971 bits per heavy atom. The minimum absolute atomic E-state index is 0.0668. The predicted octanol–water partition coefficient (Wildman–Crippen LogP) is 5.51. The summed E-state index contributed by atoms with van der Waals surface area (Å²) < 4.78 is 43.8. The number of nitrogens with zero attached hydrogens (tertiary/aromatic N) is 2. The van der Waals surface area contributed by atoms with Crippen molar-refractivity contribution < 1.29 is 76.3 Å². The Labute approximate surface area is 390 Å². The van der Waals surface area contributed by atoms with Gasteiger partial charge in [-0.2, -0.15) is 0 Å². The molecule has 2 aliphatic rings. The molecule has 0 saturated heterocycles. The predicted molar refractivity (Wildman–Crippen MR) is 242 cm³/mol. The van der Waals surface area contributed by atoms with E-state index in [0.29, 0.717) is 78.0 Å². The molecule has 8 bridgehead atoms. The second-order valence-electron chi connectivity index (χ2n) is 15.6. The monoisotopic (exact) mass is 942 g/mol. The Kier molecular flexibility index (Phi) is 17.9. The van der Waals surface area contributed by atoms with Crippen LogP contribution in [0.3, 0.4) is 0 Å². The Bertz CT molecular complexity index is 2740. The van der Waals surface area contributed by atoms with E-state index in [1.54, 1.807) is 24.3 Å². The topological polar surface area (TPSA) is 268 Å². The molecule has 5 heterocycles. The van der Waals surface area contributed by atoms with Crippen LogP contribution in [0.1, 0.15) is 113 Å². The van der Waals surface area contributed by atoms with Gasteiger partial charge in [-0.3, -0.25) is 38.4 Å². The van der Waals surface area contributed by atoms with E-state index in [1.165, 1.54) is 55.4 Å². The van der Waals surface area contributed by atoms with E-state index < -0.39 is 47.8 Å². The highest BCUT2D eigenvalue weighted by Gasteiger charge is 2.27. The van der Waals surface area contributed by atoms with Crippen molar-refractivity contribution in [1.82, 2.24) is 19.9 Å². The number of hydrogen-bond donors (Lipinski definition) is 2. The van der Waals surface area contributed by atoms with Crippen LogP contribution in [-0.4, -0.2) is 107 Å². The van der Waals surface area contributed by atoms with Crippen LogP contribution in [0.4, 0.5) is 0 Å². The van der Waals surface area contributed by atoms with Crippen LogP contribution in [0, 0.1) is 0 Å². The van der Waals surface area contributed by atoms with E-state index in [2.05, 4.69) is 9.97 Å². The first-order valence-corrected chi connectivity index (χ1v) is 21.6. The normalized spacial score (nSPS) is 12.0. The summed E-state index contributed by atoms with van der Waals surface area (Å²) in [5.41, 5.74) is 7.06. The molecule has 20 nitrogen and oxygen atoms in total. The zero-order valence-electron chi connectivity index (χ0n) is 39.2. The van der Waals surface area contributed by atoms with E-state index in [0.717, 1.165) is 0 Å². The van der Waals surface area contributed by atoms with Crippen LogP contribution >= 0.6 is 0 Å². The summed E-state index contributed by atoms with van der Waals surface area (Å²) in [7, 11) is 0. The fourth-order valence-corrected chi connectivity index (χ4v) is 7.57. The second-order valence-corrected chi connectivity index (χ2v) is 15.6. The number of rotatable bonds is 20. The third-order valence-corrected chi connectivity index (χ3v) is 10.4. The minimum Gasteiger partial charge on any atom is -0.466 e. The fraction of sp³-hybridized carbons (Fsp3) is 0.417. The molecule has 3 aromatic rings. The molecule has 68 heavy (non-hydrogen) atoms. The van der Waals surface area contributed by atoms with Gasteiger partial charge in [0.2, 0.25) is 0 Å². The van der Waals surface area contributed by atoms with Gasteiger partial charge < -0.3 is 47.9 Å². The number of esters is 8. The molecule has 0 aliphatic carbocycles. The number of ether oxygens (including phenoxy) is 8. The Morgan fingerprint density at radius 1 is 0.338 bits per heavy atom. The van der Waals surface area contributed by atoms with Gasteiger partial charge in [0.25, 0.3) is 0 Å². The summed E-state index contributed by atoms with van der Waals surface area (Å²) in [6, 6.07) is 6.80. The number of carbonyl (C=O) groups excluding carboxylic acids is 8. The van der Waals surface area contributed by atoms with Crippen molar-refractivity contribution in [3.05, 3.63) is 69.3 Å². The first-order chi connectivity index (χ1) is 32.3. The highest BCUT2D eigenvalue weighted by atomic mass is 16.6. The van der Waals surface area contributed by atoms with Gasteiger partial charge in [-0.15, -0.1) is 0 Å². The molecule has 3 aromatic heterocycles. The largest absolute Gasteiger partial charge is 0.466 e. The third-order valence-electron chi connectivity index (χ3n) is 10.4. The van der Waals surface area contributed by atoms with Crippen molar-refractivity contribution in [3.63, 3.8) is 0 Å². The van der Waals surface area contributed by atoms with E-state index in [4.69, 9.17) is 47.9 Å². The van der Waals surface area contributed by atoms with Crippen LogP contribution in [0.2, 0.25) is 0 Å². The van der Waals surface area contributed by atoms with E-state index in [1.807, 2.05) is 0 Å². The molecule has 20 heteroatoms. The molecule has 2 N–H and O–H groups in total. The zero-order chi connectivity index (χ0) is 49.7. The molecule has 0 atom stereocenters. The molecule has 0 radical (unpaired) electrons. The van der Waals surface area contributed by atoms with Crippen molar-refractivity contribution in [2.24, 2.45) is 0 Å². The summed E-state index contributed by atoms with van der Waals surface area (Å²) in [4.78, 5) is 114. The van der Waals surface area contributed by atoms with Crippen LogP contribution in [0.25, 0.3) is 44.4 Å². The number of fused-ring (bicyclic) bond motifs is 8. The van der Waals surface area contributed by atoms with Gasteiger partial charge in [-0.05, 0) is 46.5 Å². The summed E-state index contributed by atoms with van der Waals surface area (Å²) in [5.74, 6) is -4.44. The van der Waals surface area contributed by atoms with Crippen LogP contribution in [0.15, 0.2) is 24.3 Å². The number of aromatic nitrogens is 4. The molecule has 362 valence electrons. The standard InChI is InChI=1S/C48H54N4O16/c1-25(53)61-13-9-33-37(21-65-29(5)57)45-18-43-35(11-15-63-27(3)55)38(22-66-30(6)58)46(51-43)19-44-36(12-16-64-28(4)56)40(24-68-32(8)60)48(52-44)20-47-39(23-67-31(7)59)34(10-14-62-26(2)54)42(50-47)17-41(33)49-45/h17-20,49,51H,9-16,21-24H2,1-8H3. The van der Waals surface area contributed by atoms with Gasteiger partial charge in [-0.1, -0.05) is 0 Å². The first-order valence-electron chi connectivity index (χ1n) is 21.6. The lowest BCUT2D eigenvalue weighted by molar-refractivity contribution is -0.143. The lowest BCUT2D eigenvalue weighted by Crippen LogP contribution is -2.06. The molecule has 2 aliphatic heterocycles. The molecule has 0 aromatic carbocycles. The van der Waals surface area contributed by atoms with Crippen molar-refractivity contribution in [2.45, 2.75) is 94.3 Å². The number of hydrogen-bond acceptors (Lipinski definition) is 18. The molecule has 0 unspecified atom stereocenters. The number of carbonyl (C=O) groups is 8. The smallest absolute Gasteiger partial charge is 0.302 e. The maximum Gasteiger partial charge on any atom is 0.302 e. The molecule has 0 saturated carbocycles. The van der Waals surface area contributed by atoms with Gasteiger partial charge in [0.1, 0.15) is 26.4 Å². The van der Waals surface area contributed by atoms with Crippen molar-refractivity contribution in [3.8, 4) is 0 Å². The van der Waals surface area contributed by atoms with Crippen LogP contribution in [-0.2, 0) is 102 Å². The maximum atomic E-state index is 12.4. The zero-order valence-corrected chi connectivity index (χ0v) is 39.2. The fourth-order valence-electron chi connectivity index (χ4n) is 7.57. The molecule has 0 amide bonds. The van der Waals surface area contributed by atoms with Gasteiger partial charge >= 0.3 is 47.8 Å². The van der Waals surface area contributed by atoms with Crippen molar-refractivity contribution in [2.75, 3.05) is 39.6 Å². The lowest BCUT2D eigenvalue weighted by atomic mass is 9.99. The number of nitrogens with one attached hydrogen (secondary N) is 2. The average Bonchev–Trinajstić information content (AvgIpc) is 3.94. The Hall–Kier alpha value is -7.64. The maximum absolute atomic E-state index is 12.4. The van der Waals surface area contributed by atoms with E-state index >= 15 is 0 Å². The van der Waals surface area contributed by atoms with Crippen molar-refractivity contribution >= 4 is 92.1 Å². The van der Waals surface area contributed by atoms with Crippen molar-refractivity contribution in [1.29, 1.82) is 0 Å². The molecule has 0 spiro atoms. The van der Waals surface area contributed by atoms with Gasteiger partial charge in [0.05, 0.1) is 49.2 Å². The highest BCUT2D eigenvalue weighted by Crippen LogP contribution is 2.38. The molecule has 0 fully saturated rings. The van der Waals surface area contributed by atoms with Gasteiger partial charge in [-0.25, -0.2) is 9.97 Å². The lowest BCUT2D eigenvalue weighted by Gasteiger charge is -2.10. The SMILES string of the molecule is CC(=O)OCCC1=C(COC(C)=O)c2cc3nc(cc4[nH]c(cc5[nH]c(cc1n2)c(CCOC(C)=O)c5COC(C)=O)c(CCOC(C)=O)c4COC(C)=O)C(CCOC(C)=O)=C3COC(C)=O.